The lowest BCUT2D eigenvalue weighted by molar-refractivity contribution is -0.133. The van der Waals surface area contributed by atoms with Gasteiger partial charge in [-0.1, -0.05) is 44.1 Å². The normalized spacial score (nSPS) is 18.1. The van der Waals surface area contributed by atoms with E-state index in [1.165, 1.54) is 11.8 Å². The number of hydrogen-bond donors (Lipinski definition) is 1. The Bertz CT molecular complexity index is 718. The molecule has 2 atom stereocenters. The lowest BCUT2D eigenvalue weighted by Crippen LogP contribution is -2.54. The highest BCUT2D eigenvalue weighted by Crippen LogP contribution is 2.24. The fraction of sp³-hybridized carbons (Fsp3) is 0.700. The zero-order valence-electron chi connectivity index (χ0n) is 17.9. The zero-order valence-corrected chi connectivity index (χ0v) is 19.5. The van der Waals surface area contributed by atoms with Gasteiger partial charge in [0.15, 0.2) is 5.16 Å². The Kier molecular flexibility index (Phi) is 9.02. The van der Waals surface area contributed by atoms with Gasteiger partial charge in [0, 0.05) is 44.2 Å². The number of nitrogens with one attached hydrogen (secondary N) is 1. The van der Waals surface area contributed by atoms with Crippen molar-refractivity contribution in [2.45, 2.75) is 64.7 Å². The van der Waals surface area contributed by atoms with E-state index in [-0.39, 0.29) is 29.7 Å². The molecule has 29 heavy (non-hydrogen) atoms. The first kappa shape index (κ1) is 23.7. The van der Waals surface area contributed by atoms with Crippen LogP contribution in [0.5, 0.6) is 0 Å². The fourth-order valence-corrected chi connectivity index (χ4v) is 3.99. The molecule has 7 nitrogen and oxygen atoms in total. The molecule has 0 saturated carbocycles. The molecule has 1 saturated heterocycles. The number of rotatable bonds is 8. The smallest absolute Gasteiger partial charge is 0.230 e. The summed E-state index contributed by atoms with van der Waals surface area (Å²) in [5.41, 5.74) is 0. The summed E-state index contributed by atoms with van der Waals surface area (Å²) >= 11 is 7.49. The van der Waals surface area contributed by atoms with E-state index < -0.39 is 0 Å². The Labute approximate surface area is 183 Å². The van der Waals surface area contributed by atoms with Gasteiger partial charge in [0.25, 0.3) is 0 Å². The third-order valence-corrected chi connectivity index (χ3v) is 6.16. The molecule has 1 aliphatic heterocycles. The van der Waals surface area contributed by atoms with E-state index in [0.717, 1.165) is 12.2 Å². The topological polar surface area (TPSA) is 78.4 Å². The number of thioether (sulfide) groups is 1. The van der Waals surface area contributed by atoms with Crippen LogP contribution < -0.4 is 10.2 Å². The molecule has 1 aromatic heterocycles. The number of halogens is 1. The Morgan fingerprint density at radius 3 is 2.66 bits per heavy atom. The Morgan fingerprint density at radius 1 is 1.31 bits per heavy atom. The Balaban J connectivity index is 1.98. The Morgan fingerprint density at radius 2 is 2.03 bits per heavy atom. The van der Waals surface area contributed by atoms with Crippen LogP contribution in [0.2, 0.25) is 5.15 Å². The Hall–Kier alpha value is -1.54. The molecule has 1 fully saturated rings. The number of carbonyl (C=O) groups excluding carboxylic acids is 2. The number of hydrogen-bond acceptors (Lipinski definition) is 6. The van der Waals surface area contributed by atoms with Gasteiger partial charge < -0.3 is 15.1 Å². The largest absolute Gasteiger partial charge is 0.353 e. The van der Waals surface area contributed by atoms with Crippen molar-refractivity contribution < 1.29 is 9.59 Å². The van der Waals surface area contributed by atoms with Crippen LogP contribution >= 0.6 is 23.4 Å². The molecule has 2 rings (SSSR count). The third kappa shape index (κ3) is 7.03. The average Bonchev–Trinajstić information content (AvgIpc) is 2.65. The molecule has 0 spiro atoms. The monoisotopic (exact) mass is 441 g/mol. The SMILES string of the molecule is CCCC(=O)N1CCN(c2cc(Cl)nc(SCC(=O)NC(C)C(C)C)n2)CC1C. The molecule has 0 bridgehead atoms. The lowest BCUT2D eigenvalue weighted by Gasteiger charge is -2.40. The van der Waals surface area contributed by atoms with Crippen LogP contribution in [0.4, 0.5) is 5.82 Å². The van der Waals surface area contributed by atoms with E-state index in [0.29, 0.717) is 42.3 Å². The first-order valence-electron chi connectivity index (χ1n) is 10.2. The molecule has 9 heteroatoms. The van der Waals surface area contributed by atoms with E-state index >= 15 is 0 Å². The maximum Gasteiger partial charge on any atom is 0.230 e. The standard InChI is InChI=1S/C20H32ClN5O2S/c1-6-7-19(28)26-9-8-25(11-14(26)4)17-10-16(21)23-20(24-17)29-12-18(27)22-15(5)13(2)3/h10,13-15H,6-9,11-12H2,1-5H3,(H,22,27). The first-order chi connectivity index (χ1) is 13.7. The van der Waals surface area contributed by atoms with E-state index in [4.69, 9.17) is 11.6 Å². The van der Waals surface area contributed by atoms with Gasteiger partial charge in [-0.2, -0.15) is 0 Å². The van der Waals surface area contributed by atoms with Crippen LogP contribution in [0, 0.1) is 5.92 Å². The molecule has 2 unspecified atom stereocenters. The third-order valence-electron chi connectivity index (χ3n) is 5.12. The summed E-state index contributed by atoms with van der Waals surface area (Å²) in [6, 6.07) is 1.96. The second-order valence-corrected chi connectivity index (χ2v) is 9.18. The molecule has 1 aromatic rings. The molecule has 0 radical (unpaired) electrons. The van der Waals surface area contributed by atoms with Crippen molar-refractivity contribution in [3.63, 3.8) is 0 Å². The molecule has 1 N–H and O–H groups in total. The van der Waals surface area contributed by atoms with Crippen molar-refractivity contribution in [1.29, 1.82) is 0 Å². The van der Waals surface area contributed by atoms with Crippen LogP contribution in [-0.2, 0) is 9.59 Å². The van der Waals surface area contributed by atoms with Gasteiger partial charge in [-0.15, -0.1) is 0 Å². The second-order valence-electron chi connectivity index (χ2n) is 7.85. The first-order valence-corrected chi connectivity index (χ1v) is 11.6. The number of piperazine rings is 1. The highest BCUT2D eigenvalue weighted by Gasteiger charge is 2.28. The quantitative estimate of drug-likeness (QED) is 0.379. The molecule has 0 aliphatic carbocycles. The summed E-state index contributed by atoms with van der Waals surface area (Å²) in [7, 11) is 0. The number of amides is 2. The van der Waals surface area contributed by atoms with Crippen LogP contribution in [0.1, 0.15) is 47.5 Å². The van der Waals surface area contributed by atoms with Gasteiger partial charge in [-0.3, -0.25) is 9.59 Å². The minimum atomic E-state index is -0.0435. The summed E-state index contributed by atoms with van der Waals surface area (Å²) in [5.74, 6) is 1.52. The second kappa shape index (κ2) is 11.0. The van der Waals surface area contributed by atoms with Crippen LogP contribution in [0.25, 0.3) is 0 Å². The summed E-state index contributed by atoms with van der Waals surface area (Å²) in [6.45, 7) is 12.3. The number of aromatic nitrogens is 2. The van der Waals surface area contributed by atoms with Crippen molar-refractivity contribution in [1.82, 2.24) is 20.2 Å². The fourth-order valence-electron chi connectivity index (χ4n) is 3.10. The lowest BCUT2D eigenvalue weighted by atomic mass is 10.1. The molecular weight excluding hydrogens is 410 g/mol. The maximum atomic E-state index is 12.2. The molecule has 1 aliphatic rings. The van der Waals surface area contributed by atoms with Crippen LogP contribution in [0.3, 0.4) is 0 Å². The van der Waals surface area contributed by atoms with Gasteiger partial charge in [0.1, 0.15) is 11.0 Å². The van der Waals surface area contributed by atoms with Crippen molar-refractivity contribution in [3.05, 3.63) is 11.2 Å². The predicted octanol–water partition coefficient (Wildman–Crippen LogP) is 3.22. The van der Waals surface area contributed by atoms with Gasteiger partial charge in [-0.05, 0) is 26.2 Å². The molecule has 2 heterocycles. The summed E-state index contributed by atoms with van der Waals surface area (Å²) in [4.78, 5) is 37.3. The summed E-state index contributed by atoms with van der Waals surface area (Å²) < 4.78 is 0. The average molecular weight is 442 g/mol. The minimum Gasteiger partial charge on any atom is -0.353 e. The van der Waals surface area contributed by atoms with E-state index in [1.54, 1.807) is 6.07 Å². The minimum absolute atomic E-state index is 0.0435. The van der Waals surface area contributed by atoms with Gasteiger partial charge in [0.05, 0.1) is 5.75 Å². The maximum absolute atomic E-state index is 12.2. The predicted molar refractivity (Wildman–Crippen MR) is 119 cm³/mol. The van der Waals surface area contributed by atoms with Crippen molar-refractivity contribution in [2.75, 3.05) is 30.3 Å². The number of nitrogens with zero attached hydrogens (tertiary/aromatic N) is 4. The number of anilines is 1. The van der Waals surface area contributed by atoms with Crippen LogP contribution in [-0.4, -0.2) is 64.2 Å². The van der Waals surface area contributed by atoms with Crippen molar-refractivity contribution in [2.24, 2.45) is 5.92 Å². The van der Waals surface area contributed by atoms with Gasteiger partial charge >= 0.3 is 0 Å². The van der Waals surface area contributed by atoms with Gasteiger partial charge in [0.2, 0.25) is 11.8 Å². The van der Waals surface area contributed by atoms with E-state index in [2.05, 4.69) is 41.0 Å². The van der Waals surface area contributed by atoms with E-state index in [1.807, 2.05) is 18.7 Å². The molecule has 162 valence electrons. The van der Waals surface area contributed by atoms with Crippen molar-refractivity contribution >= 4 is 41.0 Å². The van der Waals surface area contributed by atoms with Crippen molar-refractivity contribution in [3.8, 4) is 0 Å². The highest BCUT2D eigenvalue weighted by atomic mass is 35.5. The van der Waals surface area contributed by atoms with Crippen LogP contribution in [0.15, 0.2) is 11.2 Å². The molecule has 2 amide bonds. The van der Waals surface area contributed by atoms with Gasteiger partial charge in [-0.25, -0.2) is 9.97 Å². The molecular formula is C20H32ClN5O2S. The van der Waals surface area contributed by atoms with E-state index in [9.17, 15) is 9.59 Å². The zero-order chi connectivity index (χ0) is 21.6. The summed E-state index contributed by atoms with van der Waals surface area (Å²) in [6.07, 6.45) is 1.44. The highest BCUT2D eigenvalue weighted by molar-refractivity contribution is 7.99. The molecule has 0 aromatic carbocycles. The summed E-state index contributed by atoms with van der Waals surface area (Å²) in [5, 5.41) is 3.81. The number of carbonyl (C=O) groups is 2.